The first-order valence-corrected chi connectivity index (χ1v) is 8.20. The third-order valence-corrected chi connectivity index (χ3v) is 4.86. The number of anilines is 2. The number of hydrogen-bond acceptors (Lipinski definition) is 6. The van der Waals surface area contributed by atoms with Gasteiger partial charge in [0.05, 0.1) is 5.39 Å². The second-order valence-corrected chi connectivity index (χ2v) is 6.15. The molecule has 1 unspecified atom stereocenters. The van der Waals surface area contributed by atoms with Crippen LogP contribution in [0.25, 0.3) is 10.2 Å². The molecule has 108 valence electrons. The number of hydrazine groups is 1. The van der Waals surface area contributed by atoms with E-state index in [-0.39, 0.29) is 0 Å². The van der Waals surface area contributed by atoms with Crippen molar-refractivity contribution in [2.75, 3.05) is 16.9 Å². The normalized spacial score (nSPS) is 20.1. The first-order valence-electron chi connectivity index (χ1n) is 7.32. The molecule has 0 aliphatic carbocycles. The van der Waals surface area contributed by atoms with E-state index >= 15 is 0 Å². The lowest BCUT2D eigenvalue weighted by Gasteiger charge is -2.31. The van der Waals surface area contributed by atoms with Crippen molar-refractivity contribution >= 4 is 33.3 Å². The van der Waals surface area contributed by atoms with Gasteiger partial charge in [-0.2, -0.15) is 4.98 Å². The molecule has 2 aromatic heterocycles. The standard InChI is InChI=1S/C14H21N5S/c1-2-10-6-4-3-5-8-19(10)12-11-7-9-20-13(11)17-14(16-12)18-15/h7,9-10H,2-6,8,15H2,1H3,(H,16,17,18). The first kappa shape index (κ1) is 13.6. The molecule has 0 saturated carbocycles. The number of nitrogen functional groups attached to an aromatic ring is 1. The van der Waals surface area contributed by atoms with Crippen LogP contribution in [0.5, 0.6) is 0 Å². The summed E-state index contributed by atoms with van der Waals surface area (Å²) in [5.74, 6) is 7.07. The van der Waals surface area contributed by atoms with Crippen molar-refractivity contribution in [1.29, 1.82) is 0 Å². The fourth-order valence-electron chi connectivity index (χ4n) is 3.00. The lowest BCUT2D eigenvalue weighted by molar-refractivity contribution is 0.553. The number of rotatable bonds is 3. The number of thiophene rings is 1. The molecule has 3 N–H and O–H groups in total. The van der Waals surface area contributed by atoms with Gasteiger partial charge in [-0.1, -0.05) is 19.8 Å². The largest absolute Gasteiger partial charge is 0.353 e. The van der Waals surface area contributed by atoms with Crippen LogP contribution in [0.2, 0.25) is 0 Å². The van der Waals surface area contributed by atoms with Crippen LogP contribution in [0.1, 0.15) is 39.0 Å². The number of fused-ring (bicyclic) bond motifs is 1. The van der Waals surface area contributed by atoms with Crippen LogP contribution in [0.4, 0.5) is 11.8 Å². The van der Waals surface area contributed by atoms with E-state index in [1.54, 1.807) is 11.3 Å². The van der Waals surface area contributed by atoms with Crippen LogP contribution < -0.4 is 16.2 Å². The van der Waals surface area contributed by atoms with Gasteiger partial charge in [-0.15, -0.1) is 11.3 Å². The molecule has 0 bridgehead atoms. The molecule has 5 nitrogen and oxygen atoms in total. The molecule has 0 amide bonds. The summed E-state index contributed by atoms with van der Waals surface area (Å²) in [4.78, 5) is 12.5. The summed E-state index contributed by atoms with van der Waals surface area (Å²) in [6.45, 7) is 3.33. The van der Waals surface area contributed by atoms with E-state index < -0.39 is 0 Å². The molecule has 20 heavy (non-hydrogen) atoms. The summed E-state index contributed by atoms with van der Waals surface area (Å²) in [5, 5.41) is 3.22. The maximum absolute atomic E-state index is 5.52. The Kier molecular flexibility index (Phi) is 4.03. The lowest BCUT2D eigenvalue weighted by atomic mass is 10.1. The monoisotopic (exact) mass is 291 g/mol. The van der Waals surface area contributed by atoms with E-state index in [9.17, 15) is 0 Å². The molecule has 3 rings (SSSR count). The van der Waals surface area contributed by atoms with Gasteiger partial charge in [-0.3, -0.25) is 5.43 Å². The SMILES string of the molecule is CCC1CCCCCN1c1nc(NN)nc2sccc12. The third kappa shape index (κ3) is 2.45. The van der Waals surface area contributed by atoms with Gasteiger partial charge in [0.15, 0.2) is 0 Å². The Morgan fingerprint density at radius 2 is 2.30 bits per heavy atom. The second kappa shape index (κ2) is 5.93. The predicted molar refractivity (Wildman–Crippen MR) is 85.1 cm³/mol. The van der Waals surface area contributed by atoms with Gasteiger partial charge in [0.25, 0.3) is 0 Å². The van der Waals surface area contributed by atoms with Gasteiger partial charge in [-0.25, -0.2) is 10.8 Å². The van der Waals surface area contributed by atoms with Crippen LogP contribution >= 0.6 is 11.3 Å². The Hall–Kier alpha value is -1.40. The smallest absolute Gasteiger partial charge is 0.240 e. The summed E-state index contributed by atoms with van der Waals surface area (Å²) in [7, 11) is 0. The summed E-state index contributed by atoms with van der Waals surface area (Å²) < 4.78 is 0. The average Bonchev–Trinajstić information content (AvgIpc) is 2.82. The Labute approximate surface area is 123 Å². The van der Waals surface area contributed by atoms with Gasteiger partial charge < -0.3 is 4.90 Å². The maximum atomic E-state index is 5.52. The van der Waals surface area contributed by atoms with Crippen molar-refractivity contribution in [2.45, 2.75) is 45.1 Å². The molecule has 6 heteroatoms. The number of nitrogens with two attached hydrogens (primary N) is 1. The van der Waals surface area contributed by atoms with E-state index in [0.29, 0.717) is 12.0 Å². The zero-order valence-corrected chi connectivity index (χ0v) is 12.6. The van der Waals surface area contributed by atoms with Crippen molar-refractivity contribution in [3.05, 3.63) is 11.4 Å². The zero-order chi connectivity index (χ0) is 13.9. The van der Waals surface area contributed by atoms with Gasteiger partial charge in [0.1, 0.15) is 10.6 Å². The molecule has 1 aliphatic rings. The first-order chi connectivity index (χ1) is 9.83. The molecule has 1 aliphatic heterocycles. The fourth-order valence-corrected chi connectivity index (χ4v) is 3.76. The Bertz CT molecular complexity index is 582. The summed E-state index contributed by atoms with van der Waals surface area (Å²) in [6.07, 6.45) is 6.26. The zero-order valence-electron chi connectivity index (χ0n) is 11.8. The fraction of sp³-hybridized carbons (Fsp3) is 0.571. The van der Waals surface area contributed by atoms with E-state index in [1.807, 2.05) is 0 Å². The highest BCUT2D eigenvalue weighted by Crippen LogP contribution is 2.33. The van der Waals surface area contributed by atoms with Gasteiger partial charge in [-0.05, 0) is 30.7 Å². The van der Waals surface area contributed by atoms with Crippen LogP contribution in [-0.2, 0) is 0 Å². The van der Waals surface area contributed by atoms with E-state index in [2.05, 4.69) is 38.7 Å². The molecular weight excluding hydrogens is 270 g/mol. The van der Waals surface area contributed by atoms with Gasteiger partial charge in [0, 0.05) is 12.6 Å². The topological polar surface area (TPSA) is 67.1 Å². The minimum Gasteiger partial charge on any atom is -0.353 e. The molecule has 0 spiro atoms. The van der Waals surface area contributed by atoms with E-state index in [1.165, 1.54) is 25.7 Å². The highest BCUT2D eigenvalue weighted by Gasteiger charge is 2.23. The highest BCUT2D eigenvalue weighted by atomic mass is 32.1. The van der Waals surface area contributed by atoms with Crippen LogP contribution in [0.15, 0.2) is 11.4 Å². The number of nitrogens with one attached hydrogen (secondary N) is 1. The minimum atomic E-state index is 0.508. The summed E-state index contributed by atoms with van der Waals surface area (Å²) >= 11 is 1.64. The van der Waals surface area contributed by atoms with Gasteiger partial charge >= 0.3 is 0 Å². The minimum absolute atomic E-state index is 0.508. The number of nitrogens with zero attached hydrogens (tertiary/aromatic N) is 3. The Balaban J connectivity index is 2.08. The summed E-state index contributed by atoms with van der Waals surface area (Å²) in [6, 6.07) is 2.69. The van der Waals surface area contributed by atoms with Gasteiger partial charge in [0.2, 0.25) is 5.95 Å². The quantitative estimate of drug-likeness (QED) is 0.672. The van der Waals surface area contributed by atoms with E-state index in [4.69, 9.17) is 5.84 Å². The summed E-state index contributed by atoms with van der Waals surface area (Å²) in [5.41, 5.74) is 2.59. The predicted octanol–water partition coefficient (Wildman–Crippen LogP) is 3.14. The maximum Gasteiger partial charge on any atom is 0.240 e. The van der Waals surface area contributed by atoms with E-state index in [0.717, 1.165) is 29.0 Å². The van der Waals surface area contributed by atoms with Crippen LogP contribution in [-0.4, -0.2) is 22.6 Å². The molecule has 3 heterocycles. The molecular formula is C14H21N5S. The Morgan fingerprint density at radius 3 is 3.10 bits per heavy atom. The molecule has 0 radical (unpaired) electrons. The lowest BCUT2D eigenvalue weighted by Crippen LogP contribution is -2.35. The van der Waals surface area contributed by atoms with Crippen molar-refractivity contribution in [2.24, 2.45) is 5.84 Å². The van der Waals surface area contributed by atoms with Crippen molar-refractivity contribution in [3.63, 3.8) is 0 Å². The molecule has 0 aromatic carbocycles. The third-order valence-electron chi connectivity index (χ3n) is 4.05. The average molecular weight is 291 g/mol. The number of aromatic nitrogens is 2. The second-order valence-electron chi connectivity index (χ2n) is 5.26. The number of hydrogen-bond donors (Lipinski definition) is 2. The molecule has 1 saturated heterocycles. The van der Waals surface area contributed by atoms with Crippen molar-refractivity contribution < 1.29 is 0 Å². The molecule has 1 atom stereocenters. The van der Waals surface area contributed by atoms with Crippen LogP contribution in [0.3, 0.4) is 0 Å². The Morgan fingerprint density at radius 1 is 1.40 bits per heavy atom. The van der Waals surface area contributed by atoms with Crippen LogP contribution in [0, 0.1) is 0 Å². The van der Waals surface area contributed by atoms with Crippen molar-refractivity contribution in [1.82, 2.24) is 9.97 Å². The van der Waals surface area contributed by atoms with Crippen molar-refractivity contribution in [3.8, 4) is 0 Å². The molecule has 1 fully saturated rings. The highest BCUT2D eigenvalue weighted by molar-refractivity contribution is 7.16. The molecule has 2 aromatic rings.